The van der Waals surface area contributed by atoms with Crippen LogP contribution < -0.4 is 15.2 Å². The Morgan fingerprint density at radius 1 is 1.30 bits per heavy atom. The zero-order chi connectivity index (χ0) is 16.9. The summed E-state index contributed by atoms with van der Waals surface area (Å²) in [5, 5.41) is 8.74. The van der Waals surface area contributed by atoms with Crippen LogP contribution in [0.15, 0.2) is 18.2 Å². The monoisotopic (exact) mass is 346 g/mol. The van der Waals surface area contributed by atoms with E-state index in [0.29, 0.717) is 0 Å². The molecule has 3 N–H and O–H groups in total. The average Bonchev–Trinajstić information content (AvgIpc) is 2.76. The van der Waals surface area contributed by atoms with E-state index in [9.17, 15) is 18.0 Å². The molecule has 1 aromatic carbocycles. The normalized spacial score (nSPS) is 14.8. The summed E-state index contributed by atoms with van der Waals surface area (Å²) in [5.74, 6) is -3.87. The molecule has 3 rings (SSSR count). The van der Waals surface area contributed by atoms with Crippen LogP contribution in [0.25, 0.3) is 11.3 Å². The zero-order valence-corrected chi connectivity index (χ0v) is 11.7. The zero-order valence-electron chi connectivity index (χ0n) is 10.9. The highest BCUT2D eigenvalue weighted by Gasteiger charge is 2.45. The number of aromatic nitrogens is 1. The standard InChI is InChI=1S/C13H6ClF3N2O4/c14-9-6(18)3-7(19-10(9)12(20)21)4-1-5(15)11-8(2-4)22-13(16,17)23-11/h1-3H,(H2,18,19)(H,20,21). The van der Waals surface area contributed by atoms with Gasteiger partial charge in [0, 0.05) is 5.56 Å². The number of carboxylic acid groups (broad SMARTS) is 1. The number of aromatic carboxylic acids is 1. The van der Waals surface area contributed by atoms with Crippen molar-refractivity contribution in [1.29, 1.82) is 0 Å². The van der Waals surface area contributed by atoms with E-state index in [-0.39, 0.29) is 22.0 Å². The number of anilines is 1. The van der Waals surface area contributed by atoms with Gasteiger partial charge in [-0.2, -0.15) is 0 Å². The molecule has 1 aliphatic heterocycles. The van der Waals surface area contributed by atoms with Crippen molar-refractivity contribution >= 4 is 23.3 Å². The number of nitrogen functional groups attached to an aromatic ring is 1. The number of halogens is 4. The van der Waals surface area contributed by atoms with Gasteiger partial charge in [-0.15, -0.1) is 8.78 Å². The quantitative estimate of drug-likeness (QED) is 0.867. The Bertz CT molecular complexity index is 844. The molecule has 6 nitrogen and oxygen atoms in total. The summed E-state index contributed by atoms with van der Waals surface area (Å²) >= 11 is 5.72. The highest BCUT2D eigenvalue weighted by Crippen LogP contribution is 2.45. The van der Waals surface area contributed by atoms with Crippen LogP contribution in [-0.4, -0.2) is 22.4 Å². The number of nitrogens with two attached hydrogens (primary N) is 1. The van der Waals surface area contributed by atoms with Gasteiger partial charge in [-0.3, -0.25) is 0 Å². The number of benzene rings is 1. The van der Waals surface area contributed by atoms with Gasteiger partial charge in [-0.1, -0.05) is 11.6 Å². The first-order chi connectivity index (χ1) is 10.7. The maximum Gasteiger partial charge on any atom is 0.586 e. The van der Waals surface area contributed by atoms with Crippen molar-refractivity contribution in [2.24, 2.45) is 0 Å². The highest BCUT2D eigenvalue weighted by molar-refractivity contribution is 6.35. The molecular weight excluding hydrogens is 341 g/mol. The van der Waals surface area contributed by atoms with Gasteiger partial charge in [0.15, 0.2) is 17.3 Å². The summed E-state index contributed by atoms with van der Waals surface area (Å²) in [6.07, 6.45) is -3.99. The summed E-state index contributed by atoms with van der Waals surface area (Å²) in [4.78, 5) is 14.8. The van der Waals surface area contributed by atoms with E-state index >= 15 is 0 Å². The van der Waals surface area contributed by atoms with Crippen LogP contribution in [0.1, 0.15) is 10.5 Å². The van der Waals surface area contributed by atoms with E-state index in [0.717, 1.165) is 12.1 Å². The number of carbonyl (C=O) groups is 1. The summed E-state index contributed by atoms with van der Waals surface area (Å²) in [5.41, 5.74) is 4.81. The number of fused-ring (bicyclic) bond motifs is 1. The number of alkyl halides is 2. The van der Waals surface area contributed by atoms with Crippen LogP contribution in [0.2, 0.25) is 5.02 Å². The second kappa shape index (κ2) is 4.92. The molecule has 1 aromatic heterocycles. The lowest BCUT2D eigenvalue weighted by atomic mass is 10.1. The third kappa shape index (κ3) is 2.59. The first-order valence-electron chi connectivity index (χ1n) is 5.97. The molecule has 2 aromatic rings. The lowest BCUT2D eigenvalue weighted by Gasteiger charge is -2.08. The molecule has 2 heterocycles. The molecule has 0 amide bonds. The van der Waals surface area contributed by atoms with Crippen LogP contribution in [0.5, 0.6) is 11.5 Å². The van der Waals surface area contributed by atoms with Crippen molar-refractivity contribution in [3.63, 3.8) is 0 Å². The fraction of sp³-hybridized carbons (Fsp3) is 0.0769. The second-order valence-corrected chi connectivity index (χ2v) is 4.90. The molecule has 0 unspecified atom stereocenters. The number of hydrogen-bond donors (Lipinski definition) is 2. The Balaban J connectivity index is 2.15. The number of rotatable bonds is 2. The van der Waals surface area contributed by atoms with Gasteiger partial charge in [0.2, 0.25) is 5.75 Å². The van der Waals surface area contributed by atoms with Gasteiger partial charge in [0.25, 0.3) is 0 Å². The van der Waals surface area contributed by atoms with Crippen molar-refractivity contribution in [3.05, 3.63) is 34.7 Å². The molecule has 0 fully saturated rings. The molecule has 0 aliphatic carbocycles. The molecule has 0 saturated heterocycles. The third-order valence-corrected chi connectivity index (χ3v) is 3.34. The van der Waals surface area contributed by atoms with Gasteiger partial charge in [-0.25, -0.2) is 14.2 Å². The topological polar surface area (TPSA) is 94.7 Å². The van der Waals surface area contributed by atoms with Gasteiger partial charge < -0.3 is 20.3 Å². The number of hydrogen-bond acceptors (Lipinski definition) is 5. The van der Waals surface area contributed by atoms with Crippen LogP contribution >= 0.6 is 11.6 Å². The molecule has 0 radical (unpaired) electrons. The lowest BCUT2D eigenvalue weighted by Crippen LogP contribution is -2.26. The summed E-state index contributed by atoms with van der Waals surface area (Å²) < 4.78 is 48.1. The van der Waals surface area contributed by atoms with Crippen molar-refractivity contribution in [2.45, 2.75) is 6.29 Å². The van der Waals surface area contributed by atoms with Crippen LogP contribution in [0.3, 0.4) is 0 Å². The van der Waals surface area contributed by atoms with E-state index in [2.05, 4.69) is 14.5 Å². The maximum absolute atomic E-state index is 13.9. The Morgan fingerprint density at radius 3 is 2.65 bits per heavy atom. The Morgan fingerprint density at radius 2 is 2.00 bits per heavy atom. The molecule has 10 heteroatoms. The van der Waals surface area contributed by atoms with Crippen molar-refractivity contribution in [3.8, 4) is 22.8 Å². The second-order valence-electron chi connectivity index (χ2n) is 4.52. The number of pyridine rings is 1. The van der Waals surface area contributed by atoms with Gasteiger partial charge >= 0.3 is 12.3 Å². The van der Waals surface area contributed by atoms with E-state index in [4.69, 9.17) is 22.4 Å². The highest BCUT2D eigenvalue weighted by atomic mass is 35.5. The molecular formula is C13H6ClF3N2O4. The van der Waals surface area contributed by atoms with Gasteiger partial charge in [0.05, 0.1) is 16.4 Å². The van der Waals surface area contributed by atoms with Gasteiger partial charge in [0.1, 0.15) is 0 Å². The molecule has 1 aliphatic rings. The van der Waals surface area contributed by atoms with Crippen LogP contribution in [0.4, 0.5) is 18.9 Å². The summed E-state index contributed by atoms with van der Waals surface area (Å²) in [6.45, 7) is 0. The molecule has 0 bridgehead atoms. The lowest BCUT2D eigenvalue weighted by molar-refractivity contribution is -0.287. The number of nitrogens with zero attached hydrogens (tertiary/aromatic N) is 1. The fourth-order valence-electron chi connectivity index (χ4n) is 2.00. The molecule has 120 valence electrons. The van der Waals surface area contributed by atoms with E-state index in [1.165, 1.54) is 6.07 Å². The molecule has 0 spiro atoms. The SMILES string of the molecule is Nc1cc(-c2cc(F)c3c(c2)OC(F)(F)O3)nc(C(=O)O)c1Cl. The number of ether oxygens (including phenoxy) is 2. The smallest absolute Gasteiger partial charge is 0.476 e. The Hall–Kier alpha value is -2.68. The summed E-state index contributed by atoms with van der Waals surface area (Å²) in [7, 11) is 0. The minimum atomic E-state index is -3.99. The Kier molecular flexibility index (Phi) is 3.25. The van der Waals surface area contributed by atoms with Crippen LogP contribution in [0, 0.1) is 5.82 Å². The van der Waals surface area contributed by atoms with Gasteiger partial charge in [-0.05, 0) is 18.2 Å². The first kappa shape index (κ1) is 15.2. The predicted octanol–water partition coefficient (Wildman–Crippen LogP) is 3.14. The molecule has 0 atom stereocenters. The predicted molar refractivity (Wildman–Crippen MR) is 72.2 cm³/mol. The average molecular weight is 347 g/mol. The molecule has 0 saturated carbocycles. The first-order valence-corrected chi connectivity index (χ1v) is 6.35. The van der Waals surface area contributed by atoms with Crippen molar-refractivity contribution in [2.75, 3.05) is 5.73 Å². The maximum atomic E-state index is 13.9. The minimum Gasteiger partial charge on any atom is -0.476 e. The Labute approximate surface area is 131 Å². The van der Waals surface area contributed by atoms with E-state index < -0.39 is 35.3 Å². The molecule has 23 heavy (non-hydrogen) atoms. The van der Waals surface area contributed by atoms with E-state index in [1.807, 2.05) is 0 Å². The van der Waals surface area contributed by atoms with Crippen LogP contribution in [-0.2, 0) is 0 Å². The minimum absolute atomic E-state index is 0.0339. The third-order valence-electron chi connectivity index (χ3n) is 2.94. The largest absolute Gasteiger partial charge is 0.586 e. The van der Waals surface area contributed by atoms with Crippen molar-refractivity contribution in [1.82, 2.24) is 4.98 Å². The fourth-order valence-corrected chi connectivity index (χ4v) is 2.18. The summed E-state index contributed by atoms with van der Waals surface area (Å²) in [6, 6.07) is 3.05. The van der Waals surface area contributed by atoms with E-state index in [1.54, 1.807) is 0 Å². The number of carboxylic acids is 1. The van der Waals surface area contributed by atoms with Crippen molar-refractivity contribution < 1.29 is 32.5 Å².